The Labute approximate surface area is 129 Å². The minimum Gasteiger partial charge on any atom is -0.481 e. The Balaban J connectivity index is 0. The zero-order valence-electron chi connectivity index (χ0n) is 13.6. The minimum atomic E-state index is -0.833. The van der Waals surface area contributed by atoms with Crippen LogP contribution in [0.2, 0.25) is 0 Å². The second-order valence-electron chi connectivity index (χ2n) is 5.44. The van der Waals surface area contributed by atoms with Crippen LogP contribution in [0.25, 0.3) is 0 Å². The van der Waals surface area contributed by atoms with Gasteiger partial charge in [-0.05, 0) is 6.42 Å². The monoisotopic (exact) mass is 302 g/mol. The number of carbonyl (C=O) groups is 2. The average Bonchev–Trinajstić information content (AvgIpc) is 2.39. The van der Waals surface area contributed by atoms with Gasteiger partial charge in [0, 0.05) is 6.42 Å². The molecule has 0 aliphatic carbocycles. The van der Waals surface area contributed by atoms with Gasteiger partial charge < -0.3 is 16.6 Å². The molecule has 0 saturated heterocycles. The van der Waals surface area contributed by atoms with E-state index in [1.807, 2.05) is 0 Å². The SMILES string of the molecule is CCCCCCCCCCCCCCC(=O)O.NC(N)=O. The molecule has 126 valence electrons. The standard InChI is InChI=1S/C15H30O2.CH4N2O/c1-2-3-4-5-6-7-8-9-10-11-12-13-14-15(16)17;2-1(3)4/h2-14H2,1H3,(H,16,17);(H4,2,3,4). The third-order valence-electron chi connectivity index (χ3n) is 3.24. The number of rotatable bonds is 13. The van der Waals surface area contributed by atoms with Crippen molar-refractivity contribution in [3.63, 3.8) is 0 Å². The molecule has 0 heterocycles. The molecule has 0 aromatic rings. The number of hydrogen-bond donors (Lipinski definition) is 3. The molecule has 0 aromatic heterocycles. The molecule has 5 nitrogen and oxygen atoms in total. The molecule has 0 rings (SSSR count). The summed E-state index contributed by atoms with van der Waals surface area (Å²) in [4.78, 5) is 19.3. The van der Waals surface area contributed by atoms with E-state index in [0.29, 0.717) is 6.42 Å². The maximum Gasteiger partial charge on any atom is 0.309 e. The van der Waals surface area contributed by atoms with Gasteiger partial charge >= 0.3 is 12.0 Å². The number of carbonyl (C=O) groups excluding carboxylic acids is 1. The quantitative estimate of drug-likeness (QED) is 0.444. The number of hydrogen-bond acceptors (Lipinski definition) is 2. The predicted molar refractivity (Wildman–Crippen MR) is 87.1 cm³/mol. The fraction of sp³-hybridized carbons (Fsp3) is 0.875. The normalized spacial score (nSPS) is 9.76. The van der Waals surface area contributed by atoms with E-state index >= 15 is 0 Å². The third kappa shape index (κ3) is 32.4. The van der Waals surface area contributed by atoms with Crippen molar-refractivity contribution >= 4 is 12.0 Å². The number of aliphatic carboxylic acids is 1. The first-order chi connectivity index (χ1) is 10.0. The fourth-order valence-corrected chi connectivity index (χ4v) is 2.12. The third-order valence-corrected chi connectivity index (χ3v) is 3.24. The molecule has 0 unspecified atom stereocenters. The highest BCUT2D eigenvalue weighted by Crippen LogP contribution is 2.12. The molecule has 0 saturated carbocycles. The summed E-state index contributed by atoms with van der Waals surface area (Å²) in [5.41, 5.74) is 8.50. The molecule has 2 amide bonds. The first kappa shape index (κ1) is 22.0. The molecule has 0 radical (unpaired) electrons. The summed E-state index contributed by atoms with van der Waals surface area (Å²) in [6, 6.07) is -0.833. The molecule has 5 N–H and O–H groups in total. The number of amides is 2. The summed E-state index contributed by atoms with van der Waals surface area (Å²) in [5, 5.41) is 8.47. The molecule has 5 heteroatoms. The van der Waals surface area contributed by atoms with Crippen molar-refractivity contribution in [2.45, 2.75) is 90.4 Å². The van der Waals surface area contributed by atoms with E-state index in [9.17, 15) is 4.79 Å². The Bertz CT molecular complexity index is 242. The molecule has 21 heavy (non-hydrogen) atoms. The highest BCUT2D eigenvalue weighted by atomic mass is 16.4. The van der Waals surface area contributed by atoms with Crippen LogP contribution in [0.1, 0.15) is 90.4 Å². The van der Waals surface area contributed by atoms with Crippen molar-refractivity contribution in [2.75, 3.05) is 0 Å². The smallest absolute Gasteiger partial charge is 0.309 e. The molecule has 0 spiro atoms. The Morgan fingerprint density at radius 3 is 1.29 bits per heavy atom. The van der Waals surface area contributed by atoms with E-state index in [0.717, 1.165) is 12.8 Å². The number of unbranched alkanes of at least 4 members (excludes halogenated alkanes) is 11. The average molecular weight is 302 g/mol. The summed E-state index contributed by atoms with van der Waals surface area (Å²) in [5.74, 6) is -0.655. The highest BCUT2D eigenvalue weighted by Gasteiger charge is 1.96. The fourth-order valence-electron chi connectivity index (χ4n) is 2.12. The maximum atomic E-state index is 10.3. The van der Waals surface area contributed by atoms with E-state index < -0.39 is 12.0 Å². The highest BCUT2D eigenvalue weighted by molar-refractivity contribution is 5.69. The van der Waals surface area contributed by atoms with E-state index in [4.69, 9.17) is 9.90 Å². The van der Waals surface area contributed by atoms with Crippen LogP contribution in [0.4, 0.5) is 4.79 Å². The van der Waals surface area contributed by atoms with Crippen LogP contribution in [0, 0.1) is 0 Å². The topological polar surface area (TPSA) is 106 Å². The largest absolute Gasteiger partial charge is 0.481 e. The summed E-state index contributed by atoms with van der Waals surface area (Å²) in [6.45, 7) is 2.25. The van der Waals surface area contributed by atoms with Crippen molar-refractivity contribution in [3.8, 4) is 0 Å². The molecule has 0 aromatic carbocycles. The lowest BCUT2D eigenvalue weighted by molar-refractivity contribution is -0.137. The van der Waals surface area contributed by atoms with Gasteiger partial charge in [-0.15, -0.1) is 0 Å². The number of primary amides is 2. The van der Waals surface area contributed by atoms with Gasteiger partial charge in [-0.3, -0.25) is 4.79 Å². The van der Waals surface area contributed by atoms with Crippen molar-refractivity contribution in [3.05, 3.63) is 0 Å². The first-order valence-electron chi connectivity index (χ1n) is 8.27. The van der Waals surface area contributed by atoms with Gasteiger partial charge in [-0.25, -0.2) is 4.79 Å². The Hall–Kier alpha value is -1.26. The second-order valence-corrected chi connectivity index (χ2v) is 5.44. The van der Waals surface area contributed by atoms with Gasteiger partial charge in [0.05, 0.1) is 0 Å². The Morgan fingerprint density at radius 2 is 1.00 bits per heavy atom. The lowest BCUT2D eigenvalue weighted by Crippen LogP contribution is -2.18. The second kappa shape index (κ2) is 18.7. The Kier molecular flexibility index (Phi) is 19.7. The first-order valence-corrected chi connectivity index (χ1v) is 8.27. The summed E-state index contributed by atoms with van der Waals surface area (Å²) < 4.78 is 0. The van der Waals surface area contributed by atoms with Crippen molar-refractivity contribution < 1.29 is 14.7 Å². The number of carboxylic acids is 1. The van der Waals surface area contributed by atoms with Crippen LogP contribution < -0.4 is 11.5 Å². The zero-order valence-corrected chi connectivity index (χ0v) is 13.6. The van der Waals surface area contributed by atoms with Crippen LogP contribution in [0.15, 0.2) is 0 Å². The molecule has 0 bridgehead atoms. The molecule has 0 fully saturated rings. The number of carboxylic acid groups (broad SMARTS) is 1. The van der Waals surface area contributed by atoms with Gasteiger partial charge in [-0.2, -0.15) is 0 Å². The van der Waals surface area contributed by atoms with Gasteiger partial charge in [-0.1, -0.05) is 77.6 Å². The molecule has 0 atom stereocenters. The maximum absolute atomic E-state index is 10.3. The Morgan fingerprint density at radius 1 is 0.714 bits per heavy atom. The van der Waals surface area contributed by atoms with Crippen LogP contribution in [0.3, 0.4) is 0 Å². The van der Waals surface area contributed by atoms with E-state index in [-0.39, 0.29) is 0 Å². The number of nitrogens with two attached hydrogens (primary N) is 2. The van der Waals surface area contributed by atoms with Crippen LogP contribution in [-0.2, 0) is 4.79 Å². The summed E-state index contributed by atoms with van der Waals surface area (Å²) >= 11 is 0. The van der Waals surface area contributed by atoms with Crippen LogP contribution in [-0.4, -0.2) is 17.1 Å². The zero-order chi connectivity index (χ0) is 16.3. The van der Waals surface area contributed by atoms with E-state index in [1.54, 1.807) is 0 Å². The summed E-state index contributed by atoms with van der Waals surface area (Å²) in [7, 11) is 0. The van der Waals surface area contributed by atoms with Gasteiger partial charge in [0.15, 0.2) is 0 Å². The van der Waals surface area contributed by atoms with Gasteiger partial charge in [0.1, 0.15) is 0 Å². The number of urea groups is 1. The van der Waals surface area contributed by atoms with Crippen LogP contribution in [0.5, 0.6) is 0 Å². The van der Waals surface area contributed by atoms with Crippen molar-refractivity contribution in [2.24, 2.45) is 11.5 Å². The van der Waals surface area contributed by atoms with Crippen LogP contribution >= 0.6 is 0 Å². The van der Waals surface area contributed by atoms with Crippen molar-refractivity contribution in [1.29, 1.82) is 0 Å². The van der Waals surface area contributed by atoms with Gasteiger partial charge in [0.2, 0.25) is 0 Å². The molecular weight excluding hydrogens is 268 g/mol. The molecular formula is C16H34N2O3. The molecule has 0 aliphatic rings. The van der Waals surface area contributed by atoms with E-state index in [2.05, 4.69) is 18.4 Å². The predicted octanol–water partition coefficient (Wildman–Crippen LogP) is 4.19. The van der Waals surface area contributed by atoms with E-state index in [1.165, 1.54) is 64.2 Å². The lowest BCUT2D eigenvalue weighted by Gasteiger charge is -2.02. The summed E-state index contributed by atoms with van der Waals surface area (Å²) in [6.07, 6.45) is 15.8. The molecule has 0 aliphatic heterocycles. The lowest BCUT2D eigenvalue weighted by atomic mass is 10.0. The van der Waals surface area contributed by atoms with Crippen molar-refractivity contribution in [1.82, 2.24) is 0 Å². The minimum absolute atomic E-state index is 0.345. The van der Waals surface area contributed by atoms with Gasteiger partial charge in [0.25, 0.3) is 0 Å².